The van der Waals surface area contributed by atoms with Crippen molar-refractivity contribution in [2.75, 3.05) is 33.4 Å². The largest absolute Gasteiger partial charge is 0.501 e. The van der Waals surface area contributed by atoms with E-state index in [2.05, 4.69) is 24.1 Å². The predicted molar refractivity (Wildman–Crippen MR) is 72.6 cm³/mol. The maximum absolute atomic E-state index is 5.96. The molecule has 2 aliphatic heterocycles. The third-order valence-corrected chi connectivity index (χ3v) is 3.90. The van der Waals surface area contributed by atoms with Gasteiger partial charge in [0.05, 0.1) is 31.6 Å². The summed E-state index contributed by atoms with van der Waals surface area (Å²) in [5.74, 6) is 0. The van der Waals surface area contributed by atoms with Gasteiger partial charge in [-0.25, -0.2) is 0 Å². The first kappa shape index (κ1) is 13.8. The third kappa shape index (κ3) is 3.25. The van der Waals surface area contributed by atoms with E-state index in [1.807, 2.05) is 13.3 Å². The maximum Gasteiger partial charge on any atom is 0.0894 e. The predicted octanol–water partition coefficient (Wildman–Crippen LogP) is 1.38. The van der Waals surface area contributed by atoms with E-state index in [1.54, 1.807) is 0 Å². The molecule has 18 heavy (non-hydrogen) atoms. The number of nitrogens with zero attached hydrogens (tertiary/aromatic N) is 1. The van der Waals surface area contributed by atoms with Crippen LogP contribution in [-0.2, 0) is 9.47 Å². The summed E-state index contributed by atoms with van der Waals surface area (Å²) in [6.45, 7) is 8.22. The molecule has 0 aromatic carbocycles. The van der Waals surface area contributed by atoms with Crippen molar-refractivity contribution < 1.29 is 9.47 Å². The number of hydrogen-bond acceptors (Lipinski definition) is 4. The highest BCUT2D eigenvalue weighted by Gasteiger charge is 2.31. The molecule has 0 aliphatic carbocycles. The summed E-state index contributed by atoms with van der Waals surface area (Å²) >= 11 is 0. The van der Waals surface area contributed by atoms with Crippen molar-refractivity contribution in [3.8, 4) is 0 Å². The fraction of sp³-hybridized carbons (Fsp3) is 0.857. The number of hydrogen-bond donors (Lipinski definition) is 1. The van der Waals surface area contributed by atoms with E-state index < -0.39 is 0 Å². The molecule has 104 valence electrons. The Kier molecular flexibility index (Phi) is 5.03. The molecule has 1 N–H and O–H groups in total. The quantitative estimate of drug-likeness (QED) is 0.822. The van der Waals surface area contributed by atoms with Gasteiger partial charge in [0.2, 0.25) is 0 Å². The van der Waals surface area contributed by atoms with Crippen LogP contribution in [0, 0.1) is 0 Å². The summed E-state index contributed by atoms with van der Waals surface area (Å²) in [7, 11) is 2.01. The highest BCUT2D eigenvalue weighted by atomic mass is 16.5. The van der Waals surface area contributed by atoms with E-state index in [0.29, 0.717) is 6.04 Å². The zero-order valence-corrected chi connectivity index (χ0v) is 11.8. The summed E-state index contributed by atoms with van der Waals surface area (Å²) < 4.78 is 11.4. The lowest BCUT2D eigenvalue weighted by atomic mass is 9.96. The summed E-state index contributed by atoms with van der Waals surface area (Å²) in [6, 6.07) is 0.873. The van der Waals surface area contributed by atoms with E-state index in [0.717, 1.165) is 39.1 Å². The smallest absolute Gasteiger partial charge is 0.0894 e. The Morgan fingerprint density at radius 2 is 2.22 bits per heavy atom. The summed E-state index contributed by atoms with van der Waals surface area (Å²) in [4.78, 5) is 2.49. The van der Waals surface area contributed by atoms with Crippen molar-refractivity contribution in [1.29, 1.82) is 0 Å². The van der Waals surface area contributed by atoms with Crippen molar-refractivity contribution in [3.05, 3.63) is 11.8 Å². The summed E-state index contributed by atoms with van der Waals surface area (Å²) in [5.41, 5.74) is 1.35. The van der Waals surface area contributed by atoms with E-state index in [9.17, 15) is 0 Å². The molecule has 0 saturated carbocycles. The molecule has 0 bridgehead atoms. The standard InChI is InChI=1S/C14H26N2O2/c1-11(2)16-6-8-18-13(9-16)14(15-3)12-5-4-7-17-10-12/h10-11,13-15H,4-9H2,1-3H3. The zero-order chi connectivity index (χ0) is 13.0. The Labute approximate surface area is 110 Å². The van der Waals surface area contributed by atoms with Gasteiger partial charge in [-0.1, -0.05) is 0 Å². The van der Waals surface area contributed by atoms with Crippen molar-refractivity contribution >= 4 is 0 Å². The van der Waals surface area contributed by atoms with Crippen LogP contribution in [0.1, 0.15) is 26.7 Å². The number of nitrogens with one attached hydrogen (secondary N) is 1. The second-order valence-corrected chi connectivity index (χ2v) is 5.43. The van der Waals surface area contributed by atoms with Gasteiger partial charge in [0.1, 0.15) is 0 Å². The molecule has 2 unspecified atom stereocenters. The van der Waals surface area contributed by atoms with Crippen LogP contribution in [0.5, 0.6) is 0 Å². The van der Waals surface area contributed by atoms with E-state index >= 15 is 0 Å². The molecule has 0 radical (unpaired) electrons. The van der Waals surface area contributed by atoms with Gasteiger partial charge in [-0.05, 0) is 39.3 Å². The Morgan fingerprint density at radius 3 is 2.83 bits per heavy atom. The number of rotatable bonds is 4. The van der Waals surface area contributed by atoms with Crippen LogP contribution in [0.15, 0.2) is 11.8 Å². The average molecular weight is 254 g/mol. The van der Waals surface area contributed by atoms with Crippen molar-refractivity contribution in [1.82, 2.24) is 10.2 Å². The lowest BCUT2D eigenvalue weighted by Gasteiger charge is -2.39. The van der Waals surface area contributed by atoms with Gasteiger partial charge < -0.3 is 14.8 Å². The van der Waals surface area contributed by atoms with Gasteiger partial charge in [-0.2, -0.15) is 0 Å². The molecule has 2 heterocycles. The Bertz CT molecular complexity index is 292. The molecule has 1 fully saturated rings. The molecule has 2 aliphatic rings. The van der Waals surface area contributed by atoms with Gasteiger partial charge in [0.25, 0.3) is 0 Å². The lowest BCUT2D eigenvalue weighted by Crippen LogP contribution is -2.54. The summed E-state index contributed by atoms with van der Waals surface area (Å²) in [6.07, 6.45) is 4.40. The van der Waals surface area contributed by atoms with Crippen LogP contribution in [0.2, 0.25) is 0 Å². The second-order valence-electron chi connectivity index (χ2n) is 5.43. The van der Waals surface area contributed by atoms with Crippen molar-refractivity contribution in [2.45, 2.75) is 44.9 Å². The van der Waals surface area contributed by atoms with Gasteiger partial charge in [-0.15, -0.1) is 0 Å². The Morgan fingerprint density at radius 1 is 1.39 bits per heavy atom. The topological polar surface area (TPSA) is 33.7 Å². The highest BCUT2D eigenvalue weighted by Crippen LogP contribution is 2.22. The van der Waals surface area contributed by atoms with Crippen LogP contribution in [0.25, 0.3) is 0 Å². The first-order valence-corrected chi connectivity index (χ1v) is 7.06. The normalized spacial score (nSPS) is 27.8. The molecule has 4 heteroatoms. The molecular formula is C14H26N2O2. The minimum atomic E-state index is 0.235. The molecule has 0 aromatic heterocycles. The summed E-state index contributed by atoms with van der Waals surface area (Å²) in [5, 5.41) is 3.40. The fourth-order valence-corrected chi connectivity index (χ4v) is 2.79. The third-order valence-electron chi connectivity index (χ3n) is 3.90. The zero-order valence-electron chi connectivity index (χ0n) is 11.8. The Hall–Kier alpha value is -0.580. The highest BCUT2D eigenvalue weighted by molar-refractivity contribution is 5.13. The lowest BCUT2D eigenvalue weighted by molar-refractivity contribution is -0.0501. The first-order valence-electron chi connectivity index (χ1n) is 7.06. The van der Waals surface area contributed by atoms with E-state index in [-0.39, 0.29) is 12.1 Å². The average Bonchev–Trinajstić information content (AvgIpc) is 2.41. The number of likely N-dealkylation sites (N-methyl/N-ethyl adjacent to an activating group) is 1. The van der Waals surface area contributed by atoms with E-state index in [1.165, 1.54) is 5.57 Å². The van der Waals surface area contributed by atoms with Crippen LogP contribution in [-0.4, -0.2) is 56.4 Å². The monoisotopic (exact) mass is 254 g/mol. The van der Waals surface area contributed by atoms with Gasteiger partial charge >= 0.3 is 0 Å². The molecule has 1 saturated heterocycles. The first-order chi connectivity index (χ1) is 8.72. The molecule has 4 nitrogen and oxygen atoms in total. The van der Waals surface area contributed by atoms with Crippen molar-refractivity contribution in [2.24, 2.45) is 0 Å². The molecule has 2 atom stereocenters. The van der Waals surface area contributed by atoms with Crippen molar-refractivity contribution in [3.63, 3.8) is 0 Å². The minimum Gasteiger partial charge on any atom is -0.501 e. The molecule has 0 spiro atoms. The maximum atomic E-state index is 5.96. The van der Waals surface area contributed by atoms with Crippen LogP contribution >= 0.6 is 0 Å². The molecule has 2 rings (SSSR count). The molecule has 0 amide bonds. The van der Waals surface area contributed by atoms with Gasteiger partial charge in [-0.3, -0.25) is 4.90 Å². The van der Waals surface area contributed by atoms with Gasteiger partial charge in [0, 0.05) is 19.1 Å². The molecular weight excluding hydrogens is 228 g/mol. The fourth-order valence-electron chi connectivity index (χ4n) is 2.79. The number of morpholine rings is 1. The second kappa shape index (κ2) is 6.55. The van der Waals surface area contributed by atoms with Crippen LogP contribution < -0.4 is 5.32 Å². The number of ether oxygens (including phenoxy) is 2. The molecule has 0 aromatic rings. The van der Waals surface area contributed by atoms with Crippen LogP contribution in [0.3, 0.4) is 0 Å². The van der Waals surface area contributed by atoms with Crippen LogP contribution in [0.4, 0.5) is 0 Å². The minimum absolute atomic E-state index is 0.235. The Balaban J connectivity index is 2.00. The van der Waals surface area contributed by atoms with Gasteiger partial charge in [0.15, 0.2) is 0 Å². The van der Waals surface area contributed by atoms with E-state index in [4.69, 9.17) is 9.47 Å². The SMILES string of the molecule is CNC(C1=COCCC1)C1CN(C(C)C)CCO1.